The van der Waals surface area contributed by atoms with Gasteiger partial charge in [-0.3, -0.25) is 13.9 Å². The van der Waals surface area contributed by atoms with E-state index < -0.39 is 0 Å². The fourth-order valence-corrected chi connectivity index (χ4v) is 4.64. The Morgan fingerprint density at radius 1 is 1.18 bits per heavy atom. The molecule has 2 aromatic rings. The Bertz CT molecular complexity index is 981. The number of amides is 1. The van der Waals surface area contributed by atoms with Crippen LogP contribution in [-0.2, 0) is 25.4 Å². The first-order chi connectivity index (χ1) is 13.5. The van der Waals surface area contributed by atoms with Gasteiger partial charge in [0.2, 0.25) is 5.91 Å². The van der Waals surface area contributed by atoms with Gasteiger partial charge in [0, 0.05) is 33.7 Å². The Balaban J connectivity index is 0.00000109. The number of carbonyl (C=O) groups is 1. The molecule has 0 aromatic carbocycles. The minimum absolute atomic E-state index is 0.163. The second kappa shape index (κ2) is 8.82. The van der Waals surface area contributed by atoms with Crippen LogP contribution < -0.4 is 5.69 Å². The minimum atomic E-state index is -0.178. The van der Waals surface area contributed by atoms with Crippen molar-refractivity contribution in [2.75, 3.05) is 18.8 Å². The molecule has 1 saturated carbocycles. The van der Waals surface area contributed by atoms with E-state index in [0.29, 0.717) is 22.0 Å². The summed E-state index contributed by atoms with van der Waals surface area (Å²) in [5.74, 6) is 1.18. The molecule has 154 valence electrons. The first-order valence-electron chi connectivity index (χ1n) is 10.0. The number of likely N-dealkylation sites (tertiary alicyclic amines) is 1. The molecule has 4 rings (SSSR count). The quantitative estimate of drug-likeness (QED) is 0.546. The zero-order valence-electron chi connectivity index (χ0n) is 17.1. The van der Waals surface area contributed by atoms with E-state index >= 15 is 0 Å². The lowest BCUT2D eigenvalue weighted by molar-refractivity contribution is -0.127. The maximum absolute atomic E-state index is 12.4. The van der Waals surface area contributed by atoms with Crippen molar-refractivity contribution in [3.05, 3.63) is 15.1 Å². The van der Waals surface area contributed by atoms with Crippen LogP contribution in [0.2, 0.25) is 0 Å². The first kappa shape index (κ1) is 21.1. The molecular formula is C19H29N5O2S2. The Morgan fingerprint density at radius 3 is 2.43 bits per heavy atom. The van der Waals surface area contributed by atoms with Gasteiger partial charge in [-0.15, -0.1) is 0 Å². The van der Waals surface area contributed by atoms with Gasteiger partial charge < -0.3 is 9.47 Å². The van der Waals surface area contributed by atoms with E-state index in [-0.39, 0.29) is 11.6 Å². The monoisotopic (exact) mass is 423 g/mol. The van der Waals surface area contributed by atoms with Crippen molar-refractivity contribution in [3.63, 3.8) is 0 Å². The fourth-order valence-electron chi connectivity index (χ4n) is 3.45. The molecule has 1 saturated heterocycles. The van der Waals surface area contributed by atoms with Crippen LogP contribution in [0.15, 0.2) is 9.95 Å². The second-order valence-corrected chi connectivity index (χ2v) is 8.53. The van der Waals surface area contributed by atoms with Gasteiger partial charge in [-0.25, -0.2) is 9.78 Å². The molecule has 0 N–H and O–H groups in total. The largest absolute Gasteiger partial charge is 0.342 e. The highest BCUT2D eigenvalue weighted by molar-refractivity contribution is 7.99. The number of aryl methyl sites for hydroxylation is 1. The smallest absolute Gasteiger partial charge is 0.330 e. The highest BCUT2D eigenvalue weighted by Gasteiger charge is 2.27. The van der Waals surface area contributed by atoms with Crippen LogP contribution in [0.25, 0.3) is 11.2 Å². The Kier molecular flexibility index (Phi) is 6.65. The topological polar surface area (TPSA) is 65.1 Å². The summed E-state index contributed by atoms with van der Waals surface area (Å²) in [7, 11) is 3.42. The number of imidazole rings is 1. The molecule has 0 radical (unpaired) electrons. The molecule has 2 aromatic heterocycles. The van der Waals surface area contributed by atoms with Gasteiger partial charge >= 0.3 is 5.69 Å². The van der Waals surface area contributed by atoms with Crippen LogP contribution in [-0.4, -0.2) is 48.3 Å². The molecule has 9 heteroatoms. The van der Waals surface area contributed by atoms with E-state index in [2.05, 4.69) is 4.57 Å². The van der Waals surface area contributed by atoms with Crippen molar-refractivity contribution < 1.29 is 4.79 Å². The number of hydrogen-bond donors (Lipinski definition) is 0. The van der Waals surface area contributed by atoms with Crippen LogP contribution in [0, 0.1) is 10.6 Å². The Morgan fingerprint density at radius 2 is 1.82 bits per heavy atom. The Labute approximate surface area is 174 Å². The lowest BCUT2D eigenvalue weighted by Gasteiger charge is -2.15. The molecule has 3 heterocycles. The lowest BCUT2D eigenvalue weighted by Crippen LogP contribution is -2.29. The highest BCUT2D eigenvalue weighted by Crippen LogP contribution is 2.34. The summed E-state index contributed by atoms with van der Waals surface area (Å²) in [5, 5.41) is 0.784. The summed E-state index contributed by atoms with van der Waals surface area (Å²) in [4.78, 5) is 31.4. The van der Waals surface area contributed by atoms with E-state index in [1.807, 2.05) is 18.7 Å². The zero-order valence-corrected chi connectivity index (χ0v) is 18.7. The maximum atomic E-state index is 12.4. The number of carbonyl (C=O) groups excluding carboxylic acids is 1. The molecule has 0 unspecified atom stereocenters. The summed E-state index contributed by atoms with van der Waals surface area (Å²) in [5.41, 5.74) is 1.26. The third-order valence-electron chi connectivity index (χ3n) is 5.23. The van der Waals surface area contributed by atoms with Crippen LogP contribution in [0.4, 0.5) is 0 Å². The van der Waals surface area contributed by atoms with E-state index in [0.717, 1.165) is 43.1 Å². The molecule has 0 bridgehead atoms. The number of rotatable bonds is 5. The zero-order chi connectivity index (χ0) is 20.4. The number of nitrogens with zero attached hydrogens (tertiary/aromatic N) is 5. The van der Waals surface area contributed by atoms with Gasteiger partial charge in [0.05, 0.1) is 5.75 Å². The fraction of sp³-hybridized carbons (Fsp3) is 0.684. The van der Waals surface area contributed by atoms with Gasteiger partial charge in [0.1, 0.15) is 10.2 Å². The predicted octanol–water partition coefficient (Wildman–Crippen LogP) is 2.95. The van der Waals surface area contributed by atoms with Crippen molar-refractivity contribution in [3.8, 4) is 0 Å². The van der Waals surface area contributed by atoms with Gasteiger partial charge in [-0.1, -0.05) is 37.8 Å². The van der Waals surface area contributed by atoms with Crippen molar-refractivity contribution in [2.24, 2.45) is 20.0 Å². The van der Waals surface area contributed by atoms with Crippen LogP contribution in [0.3, 0.4) is 0 Å². The van der Waals surface area contributed by atoms with Crippen molar-refractivity contribution in [1.82, 2.24) is 23.6 Å². The van der Waals surface area contributed by atoms with Gasteiger partial charge in [0.15, 0.2) is 10.8 Å². The second-order valence-electron chi connectivity index (χ2n) is 7.20. The van der Waals surface area contributed by atoms with E-state index in [9.17, 15) is 9.59 Å². The average molecular weight is 424 g/mol. The standard InChI is InChI=1S/C17H23N5O2S2.C2H6/c1-19-14-13(15(25)20(2)17(19)24)22(9-11-5-6-11)16(18-14)26-10-12(23)21-7-3-4-8-21;1-2/h11H,3-10H2,1-2H3;1-2H3. The summed E-state index contributed by atoms with van der Waals surface area (Å²) < 4.78 is 5.67. The summed E-state index contributed by atoms with van der Waals surface area (Å²) >= 11 is 7.00. The molecule has 2 aliphatic rings. The van der Waals surface area contributed by atoms with Gasteiger partial charge in [-0.05, 0) is 31.6 Å². The Hall–Kier alpha value is -1.61. The predicted molar refractivity (Wildman–Crippen MR) is 115 cm³/mol. The van der Waals surface area contributed by atoms with Crippen molar-refractivity contribution >= 4 is 41.1 Å². The molecule has 0 atom stereocenters. The third kappa shape index (κ3) is 4.05. The van der Waals surface area contributed by atoms with Crippen molar-refractivity contribution in [1.29, 1.82) is 0 Å². The molecule has 0 spiro atoms. The lowest BCUT2D eigenvalue weighted by atomic mass is 10.4. The molecule has 2 fully saturated rings. The molecule has 1 amide bonds. The summed E-state index contributed by atoms with van der Waals surface area (Å²) in [6.07, 6.45) is 4.60. The first-order valence-corrected chi connectivity index (χ1v) is 11.4. The van der Waals surface area contributed by atoms with Crippen molar-refractivity contribution in [2.45, 2.75) is 51.2 Å². The molecule has 1 aliphatic heterocycles. The maximum Gasteiger partial charge on any atom is 0.330 e. The SMILES string of the molecule is CC.Cn1c(=S)c2c(nc(SCC(=O)N3CCCC3)n2CC2CC2)n(C)c1=O. The number of aromatic nitrogens is 4. The summed E-state index contributed by atoms with van der Waals surface area (Å²) in [6.45, 7) is 6.57. The van der Waals surface area contributed by atoms with E-state index in [1.165, 1.54) is 29.2 Å². The van der Waals surface area contributed by atoms with E-state index in [1.54, 1.807) is 18.7 Å². The van der Waals surface area contributed by atoms with Crippen LogP contribution in [0.1, 0.15) is 39.5 Å². The average Bonchev–Trinajstić information content (AvgIpc) is 3.21. The molecule has 28 heavy (non-hydrogen) atoms. The number of thioether (sulfide) groups is 1. The number of hydrogen-bond acceptors (Lipinski definition) is 5. The van der Waals surface area contributed by atoms with Gasteiger partial charge in [0.25, 0.3) is 0 Å². The third-order valence-corrected chi connectivity index (χ3v) is 6.66. The van der Waals surface area contributed by atoms with Crippen LogP contribution >= 0.6 is 24.0 Å². The highest BCUT2D eigenvalue weighted by atomic mass is 32.2. The normalized spacial score (nSPS) is 16.4. The minimum Gasteiger partial charge on any atom is -0.342 e. The molecule has 7 nitrogen and oxygen atoms in total. The van der Waals surface area contributed by atoms with Gasteiger partial charge in [-0.2, -0.15) is 0 Å². The number of fused-ring (bicyclic) bond motifs is 1. The molecule has 1 aliphatic carbocycles. The molecular weight excluding hydrogens is 394 g/mol. The van der Waals surface area contributed by atoms with E-state index in [4.69, 9.17) is 17.2 Å². The summed E-state index contributed by atoms with van der Waals surface area (Å²) in [6, 6.07) is 0. The van der Waals surface area contributed by atoms with Crippen LogP contribution in [0.5, 0.6) is 0 Å².